The van der Waals surface area contributed by atoms with Crippen LogP contribution in [0.1, 0.15) is 11.5 Å². The van der Waals surface area contributed by atoms with E-state index in [4.69, 9.17) is 5.41 Å². The van der Waals surface area contributed by atoms with E-state index in [-0.39, 0.29) is 11.3 Å². The normalized spacial score (nSPS) is 27.2. The van der Waals surface area contributed by atoms with Crippen molar-refractivity contribution < 1.29 is 14.1 Å². The van der Waals surface area contributed by atoms with Gasteiger partial charge in [-0.05, 0) is 23.3 Å². The van der Waals surface area contributed by atoms with Crippen LogP contribution in [-0.2, 0) is 0 Å². The van der Waals surface area contributed by atoms with E-state index in [1.165, 1.54) is 6.07 Å². The highest BCUT2D eigenvalue weighted by Crippen LogP contribution is 2.52. The number of nitrogens with two attached hydrogens (primary N) is 1. The van der Waals surface area contributed by atoms with Crippen molar-refractivity contribution in [2.45, 2.75) is 5.92 Å². The molecule has 0 unspecified atom stereocenters. The first-order valence-electron chi connectivity index (χ1n) is 7.77. The second kappa shape index (κ2) is 6.09. The van der Waals surface area contributed by atoms with Gasteiger partial charge < -0.3 is 10.7 Å². The lowest BCUT2D eigenvalue weighted by Gasteiger charge is -2.44. The van der Waals surface area contributed by atoms with Crippen molar-refractivity contribution in [3.8, 4) is 18.2 Å². The molecule has 0 amide bonds. The number of benzene rings is 1. The Morgan fingerprint density at radius 1 is 1.20 bits per heavy atom. The maximum atomic E-state index is 14.5. The van der Waals surface area contributed by atoms with Crippen LogP contribution in [0.25, 0.3) is 0 Å². The average molecular weight is 338 g/mol. The summed E-state index contributed by atoms with van der Waals surface area (Å²) >= 11 is 0. The Balaban J connectivity index is 2.29. The lowest BCUT2D eigenvalue weighted by molar-refractivity contribution is -0.654. The zero-order valence-electron chi connectivity index (χ0n) is 13.1. The van der Waals surface area contributed by atoms with E-state index in [1.54, 1.807) is 0 Å². The molecule has 3 rings (SSSR count). The third-order valence-electron chi connectivity index (χ3n) is 5.06. The van der Waals surface area contributed by atoms with Crippen LogP contribution in [0.15, 0.2) is 29.8 Å². The number of hydrogen-bond acceptors (Lipinski definition) is 4. The molecule has 2 aliphatic rings. The molecular weight excluding hydrogens is 324 g/mol. The second-order valence-corrected chi connectivity index (χ2v) is 6.22. The van der Waals surface area contributed by atoms with Gasteiger partial charge in [0.1, 0.15) is 17.6 Å². The molecule has 1 aromatic carbocycles. The number of quaternary nitrogens is 1. The molecule has 1 heterocycles. The van der Waals surface area contributed by atoms with Crippen molar-refractivity contribution in [1.82, 2.24) is 0 Å². The van der Waals surface area contributed by atoms with Crippen molar-refractivity contribution >= 4 is 5.71 Å². The lowest BCUT2D eigenvalue weighted by atomic mass is 9.54. The third kappa shape index (κ3) is 2.31. The predicted molar refractivity (Wildman–Crippen MR) is 82.8 cm³/mol. The van der Waals surface area contributed by atoms with Gasteiger partial charge in [0, 0.05) is 17.9 Å². The van der Waals surface area contributed by atoms with Crippen LogP contribution in [0.2, 0.25) is 0 Å². The first kappa shape index (κ1) is 16.8. The summed E-state index contributed by atoms with van der Waals surface area (Å²) in [6.45, 7) is 1.08. The summed E-state index contributed by atoms with van der Waals surface area (Å²) in [5, 5.41) is 39.3. The number of fused-ring (bicyclic) bond motifs is 1. The Kier molecular flexibility index (Phi) is 4.08. The minimum atomic E-state index is -1.97. The van der Waals surface area contributed by atoms with Gasteiger partial charge in [0.15, 0.2) is 5.41 Å². The summed E-state index contributed by atoms with van der Waals surface area (Å²) in [7, 11) is 0. The topological polar surface area (TPSA) is 112 Å². The molecule has 7 heteroatoms. The quantitative estimate of drug-likeness (QED) is 0.754. The molecule has 0 bridgehead atoms. The molecule has 3 atom stereocenters. The Labute approximate surface area is 143 Å². The van der Waals surface area contributed by atoms with Gasteiger partial charge >= 0.3 is 0 Å². The minimum absolute atomic E-state index is 0.0249. The molecular formula is C18H14F2N5+. The number of hydrogen-bond donors (Lipinski definition) is 2. The standard InChI is InChI=1S/C18H13F2N5/c19-10-1-2-12(15(20)5-10)16-14-7-25-4-3-11(14)13(6-21)17(24)18(16,8-22)9-23/h1-3,5,13-14,16,24-25H,4,7H2/p+1/t13-,14-,16+/m1/s1. The summed E-state index contributed by atoms with van der Waals surface area (Å²) in [5.74, 6) is -4.01. The molecule has 0 radical (unpaired) electrons. The van der Waals surface area contributed by atoms with Crippen LogP contribution < -0.4 is 5.32 Å². The van der Waals surface area contributed by atoms with Gasteiger partial charge in [-0.3, -0.25) is 0 Å². The van der Waals surface area contributed by atoms with E-state index in [0.29, 0.717) is 24.7 Å². The number of nitrogens with one attached hydrogen (secondary N) is 1. The van der Waals surface area contributed by atoms with Crippen LogP contribution in [0.4, 0.5) is 8.78 Å². The van der Waals surface area contributed by atoms with E-state index in [0.717, 1.165) is 6.07 Å². The molecule has 124 valence electrons. The smallest absolute Gasteiger partial charge is 0.190 e. The Morgan fingerprint density at radius 2 is 1.92 bits per heavy atom. The fourth-order valence-electron chi connectivity index (χ4n) is 3.93. The summed E-state index contributed by atoms with van der Waals surface area (Å²) in [6, 6.07) is 8.76. The van der Waals surface area contributed by atoms with Gasteiger partial charge in [-0.25, -0.2) is 8.78 Å². The van der Waals surface area contributed by atoms with E-state index >= 15 is 0 Å². The van der Waals surface area contributed by atoms with E-state index in [9.17, 15) is 24.6 Å². The highest BCUT2D eigenvalue weighted by molar-refractivity contribution is 6.00. The molecule has 1 aliphatic heterocycles. The van der Waals surface area contributed by atoms with Crippen molar-refractivity contribution in [3.05, 3.63) is 47.0 Å². The monoisotopic (exact) mass is 338 g/mol. The van der Waals surface area contributed by atoms with Gasteiger partial charge in [0.25, 0.3) is 0 Å². The Bertz CT molecular complexity index is 886. The highest BCUT2D eigenvalue weighted by Gasteiger charge is 2.58. The number of rotatable bonds is 1. The molecule has 3 N–H and O–H groups in total. The Morgan fingerprint density at radius 3 is 2.52 bits per heavy atom. The zero-order chi connectivity index (χ0) is 18.2. The molecule has 1 aromatic rings. The van der Waals surface area contributed by atoms with Crippen molar-refractivity contribution in [3.63, 3.8) is 0 Å². The number of nitrogens with zero attached hydrogens (tertiary/aromatic N) is 3. The van der Waals surface area contributed by atoms with Gasteiger partial charge in [-0.1, -0.05) is 6.07 Å². The van der Waals surface area contributed by atoms with Crippen molar-refractivity contribution in [2.24, 2.45) is 17.3 Å². The minimum Gasteiger partial charge on any atom is -0.342 e. The number of nitriles is 3. The van der Waals surface area contributed by atoms with Crippen LogP contribution in [0.5, 0.6) is 0 Å². The van der Waals surface area contributed by atoms with Gasteiger partial charge in [-0.15, -0.1) is 0 Å². The Hall–Kier alpha value is -3.08. The van der Waals surface area contributed by atoms with E-state index in [2.05, 4.69) is 0 Å². The summed E-state index contributed by atoms with van der Waals surface area (Å²) in [4.78, 5) is 0. The van der Waals surface area contributed by atoms with Crippen molar-refractivity contribution in [2.75, 3.05) is 13.1 Å². The molecule has 1 saturated carbocycles. The lowest BCUT2D eigenvalue weighted by Crippen LogP contribution is -2.87. The molecule has 25 heavy (non-hydrogen) atoms. The summed E-state index contributed by atoms with van der Waals surface area (Å²) < 4.78 is 27.8. The van der Waals surface area contributed by atoms with Crippen molar-refractivity contribution in [1.29, 1.82) is 21.2 Å². The van der Waals surface area contributed by atoms with Gasteiger partial charge in [-0.2, -0.15) is 15.8 Å². The van der Waals surface area contributed by atoms with Crippen LogP contribution in [0.3, 0.4) is 0 Å². The molecule has 0 aromatic heterocycles. The first-order chi connectivity index (χ1) is 12.0. The van der Waals surface area contributed by atoms with Crippen LogP contribution >= 0.6 is 0 Å². The van der Waals surface area contributed by atoms with Gasteiger partial charge in [0.05, 0.1) is 37.0 Å². The molecule has 5 nitrogen and oxygen atoms in total. The van der Waals surface area contributed by atoms with Crippen LogP contribution in [0, 0.1) is 68.3 Å². The third-order valence-corrected chi connectivity index (χ3v) is 5.06. The molecule has 1 aliphatic carbocycles. The molecule has 1 fully saturated rings. The predicted octanol–water partition coefficient (Wildman–Crippen LogP) is 1.37. The molecule has 0 spiro atoms. The van der Waals surface area contributed by atoms with E-state index in [1.807, 2.05) is 29.6 Å². The zero-order valence-corrected chi connectivity index (χ0v) is 13.1. The summed E-state index contributed by atoms with van der Waals surface area (Å²) in [5.41, 5.74) is -1.63. The highest BCUT2D eigenvalue weighted by atomic mass is 19.1. The SMILES string of the molecule is N#C[C@H]1C(=N)C(C#N)(C#N)[C@@H](c2ccc(F)cc2F)[C@@H]2C[NH2+]CC=C12. The van der Waals surface area contributed by atoms with E-state index < -0.39 is 34.8 Å². The maximum Gasteiger partial charge on any atom is 0.190 e. The van der Waals surface area contributed by atoms with Gasteiger partial charge in [0.2, 0.25) is 0 Å². The van der Waals surface area contributed by atoms with Crippen LogP contribution in [-0.4, -0.2) is 18.8 Å². The average Bonchev–Trinajstić information content (AvgIpc) is 2.62. The largest absolute Gasteiger partial charge is 0.342 e. The first-order valence-corrected chi connectivity index (χ1v) is 7.77. The fourth-order valence-corrected chi connectivity index (χ4v) is 3.93. The number of halogens is 2. The molecule has 0 saturated heterocycles. The maximum absolute atomic E-state index is 14.5. The summed E-state index contributed by atoms with van der Waals surface area (Å²) in [6.07, 6.45) is 1.81. The second-order valence-electron chi connectivity index (χ2n) is 6.22. The fraction of sp³-hybridized carbons (Fsp3) is 0.333.